The maximum absolute atomic E-state index is 11.7. The quantitative estimate of drug-likeness (QED) is 0.118. The van der Waals surface area contributed by atoms with Gasteiger partial charge in [0.2, 0.25) is 11.8 Å². The summed E-state index contributed by atoms with van der Waals surface area (Å²) in [6, 6.07) is 13.4. The molecular weight excluding hydrogens is 408 g/mol. The standard InChI is InChI=1S/C24H26N4O4/c1-15-11-12-19-17(14-15)21(23-22(27-32)16-8-5-6-9-18(16)25-23)24(30)28(19)13-7-3-2-4-10-20(29)26-31/h5-6,8-9,11-12,14,25,30-31H,2-4,7,10,13H2,1H3,(H,26,29). The van der Waals surface area contributed by atoms with Gasteiger partial charge in [-0.15, -0.1) is 4.91 Å². The lowest BCUT2D eigenvalue weighted by Crippen LogP contribution is -2.17. The first-order chi connectivity index (χ1) is 15.5. The molecule has 0 unspecified atom stereocenters. The van der Waals surface area contributed by atoms with Crippen molar-refractivity contribution in [2.75, 3.05) is 0 Å². The highest BCUT2D eigenvalue weighted by Crippen LogP contribution is 2.46. The molecule has 8 nitrogen and oxygen atoms in total. The van der Waals surface area contributed by atoms with Crippen LogP contribution in [-0.4, -0.2) is 25.8 Å². The number of aryl methyl sites for hydroxylation is 2. The number of hydrogen-bond donors (Lipinski definition) is 4. The average molecular weight is 434 g/mol. The van der Waals surface area contributed by atoms with E-state index in [9.17, 15) is 14.8 Å². The number of para-hydroxylation sites is 1. The molecule has 0 fully saturated rings. The number of unbranched alkanes of at least 4 members (excludes halogenated alkanes) is 3. The third-order valence-electron chi connectivity index (χ3n) is 5.87. The summed E-state index contributed by atoms with van der Waals surface area (Å²) >= 11 is 0. The smallest absolute Gasteiger partial charge is 0.243 e. The number of fused-ring (bicyclic) bond motifs is 2. The molecule has 0 bridgehead atoms. The van der Waals surface area contributed by atoms with E-state index in [4.69, 9.17) is 5.21 Å². The Morgan fingerprint density at radius 3 is 2.66 bits per heavy atom. The fraction of sp³-hybridized carbons (Fsp3) is 0.292. The molecule has 0 aliphatic rings. The van der Waals surface area contributed by atoms with Gasteiger partial charge >= 0.3 is 0 Å². The lowest BCUT2D eigenvalue weighted by molar-refractivity contribution is -0.129. The van der Waals surface area contributed by atoms with Gasteiger partial charge in [-0.1, -0.05) is 42.7 Å². The fourth-order valence-corrected chi connectivity index (χ4v) is 4.30. The number of nitrogens with one attached hydrogen (secondary N) is 2. The number of aromatic amines is 1. The Morgan fingerprint density at radius 1 is 1.09 bits per heavy atom. The second-order valence-electron chi connectivity index (χ2n) is 8.06. The summed E-state index contributed by atoms with van der Waals surface area (Å²) in [4.78, 5) is 26.1. The van der Waals surface area contributed by atoms with E-state index in [1.165, 1.54) is 0 Å². The van der Waals surface area contributed by atoms with E-state index < -0.39 is 0 Å². The molecule has 4 aromatic rings. The number of aromatic nitrogens is 2. The topological polar surface area (TPSA) is 120 Å². The van der Waals surface area contributed by atoms with Gasteiger partial charge in [0.15, 0.2) is 0 Å². The van der Waals surface area contributed by atoms with Gasteiger partial charge in [-0.05, 0) is 43.1 Å². The maximum atomic E-state index is 11.7. The van der Waals surface area contributed by atoms with Crippen molar-refractivity contribution >= 4 is 33.4 Å². The lowest BCUT2D eigenvalue weighted by atomic mass is 10.1. The molecule has 0 atom stereocenters. The zero-order chi connectivity index (χ0) is 22.7. The van der Waals surface area contributed by atoms with Crippen LogP contribution < -0.4 is 5.48 Å². The van der Waals surface area contributed by atoms with E-state index in [1.54, 1.807) is 5.48 Å². The molecule has 0 radical (unpaired) electrons. The number of hydroxylamine groups is 1. The number of rotatable bonds is 9. The van der Waals surface area contributed by atoms with Crippen LogP contribution in [0.25, 0.3) is 33.1 Å². The van der Waals surface area contributed by atoms with E-state index in [-0.39, 0.29) is 11.8 Å². The molecular formula is C24H26N4O4. The minimum atomic E-state index is -0.378. The highest BCUT2D eigenvalue weighted by Gasteiger charge is 2.24. The molecule has 0 aliphatic heterocycles. The maximum Gasteiger partial charge on any atom is 0.243 e. The Kier molecular flexibility index (Phi) is 6.23. The molecule has 0 aliphatic carbocycles. The van der Waals surface area contributed by atoms with Crippen LogP contribution in [0, 0.1) is 11.8 Å². The van der Waals surface area contributed by atoms with E-state index in [0.29, 0.717) is 36.3 Å². The minimum Gasteiger partial charge on any atom is -0.494 e. The van der Waals surface area contributed by atoms with Gasteiger partial charge in [-0.3, -0.25) is 10.0 Å². The van der Waals surface area contributed by atoms with Crippen molar-refractivity contribution < 1.29 is 15.1 Å². The first kappa shape index (κ1) is 21.6. The Balaban J connectivity index is 1.68. The molecule has 4 N–H and O–H groups in total. The van der Waals surface area contributed by atoms with Crippen molar-refractivity contribution in [3.8, 4) is 17.1 Å². The zero-order valence-corrected chi connectivity index (χ0v) is 17.9. The van der Waals surface area contributed by atoms with Crippen LogP contribution in [0.5, 0.6) is 5.88 Å². The van der Waals surface area contributed by atoms with Crippen molar-refractivity contribution in [1.82, 2.24) is 15.0 Å². The van der Waals surface area contributed by atoms with E-state index in [1.807, 2.05) is 54.0 Å². The number of carbonyl (C=O) groups is 1. The molecule has 0 saturated heterocycles. The summed E-state index contributed by atoms with van der Waals surface area (Å²) in [7, 11) is 0. The first-order valence-electron chi connectivity index (χ1n) is 10.7. The fourth-order valence-electron chi connectivity index (χ4n) is 4.30. The second kappa shape index (κ2) is 9.23. The van der Waals surface area contributed by atoms with Crippen LogP contribution >= 0.6 is 0 Å². The van der Waals surface area contributed by atoms with Crippen molar-refractivity contribution in [1.29, 1.82) is 0 Å². The Labute approximate surface area is 184 Å². The van der Waals surface area contributed by atoms with Gasteiger partial charge in [-0.25, -0.2) is 5.48 Å². The summed E-state index contributed by atoms with van der Waals surface area (Å²) in [5.74, 6) is -0.279. The zero-order valence-electron chi connectivity index (χ0n) is 17.9. The van der Waals surface area contributed by atoms with Gasteiger partial charge in [0, 0.05) is 29.3 Å². The van der Waals surface area contributed by atoms with Crippen molar-refractivity contribution in [2.45, 2.75) is 45.6 Å². The molecule has 0 saturated carbocycles. The predicted molar refractivity (Wildman–Crippen MR) is 124 cm³/mol. The average Bonchev–Trinajstić information content (AvgIpc) is 3.29. The summed E-state index contributed by atoms with van der Waals surface area (Å²) in [5.41, 5.74) is 5.75. The highest BCUT2D eigenvalue weighted by atomic mass is 16.5. The molecule has 0 spiro atoms. The molecule has 4 rings (SSSR count). The van der Waals surface area contributed by atoms with Crippen molar-refractivity contribution in [3.05, 3.63) is 52.9 Å². The van der Waals surface area contributed by atoms with Crippen LogP contribution in [0.3, 0.4) is 0 Å². The molecule has 8 heteroatoms. The van der Waals surface area contributed by atoms with Crippen LogP contribution in [0.15, 0.2) is 47.6 Å². The van der Waals surface area contributed by atoms with Gasteiger partial charge in [0.1, 0.15) is 5.69 Å². The first-order valence-corrected chi connectivity index (χ1v) is 10.7. The molecule has 166 valence electrons. The minimum absolute atomic E-state index is 0.0988. The number of aromatic hydroxyl groups is 1. The second-order valence-corrected chi connectivity index (χ2v) is 8.06. The van der Waals surface area contributed by atoms with Gasteiger partial charge in [0.25, 0.3) is 0 Å². The Bertz CT molecular complexity index is 1290. The number of amides is 1. The Morgan fingerprint density at radius 2 is 1.88 bits per heavy atom. The number of nitrogens with zero attached hydrogens (tertiary/aromatic N) is 2. The summed E-state index contributed by atoms with van der Waals surface area (Å²) in [6.45, 7) is 2.59. The highest BCUT2D eigenvalue weighted by molar-refractivity contribution is 6.07. The normalized spacial score (nSPS) is 11.3. The predicted octanol–water partition coefficient (Wildman–Crippen LogP) is 5.66. The van der Waals surface area contributed by atoms with E-state index in [0.717, 1.165) is 46.6 Å². The summed E-state index contributed by atoms with van der Waals surface area (Å²) < 4.78 is 1.87. The molecule has 32 heavy (non-hydrogen) atoms. The van der Waals surface area contributed by atoms with Gasteiger partial charge in [-0.2, -0.15) is 0 Å². The van der Waals surface area contributed by atoms with E-state index in [2.05, 4.69) is 10.2 Å². The number of nitroso groups, excluding NO2 is 1. The van der Waals surface area contributed by atoms with Crippen LogP contribution in [0.4, 0.5) is 5.69 Å². The molecule has 2 aromatic heterocycles. The van der Waals surface area contributed by atoms with Crippen LogP contribution in [0.1, 0.15) is 37.7 Å². The lowest BCUT2D eigenvalue weighted by Gasteiger charge is -2.07. The molecule has 2 aromatic carbocycles. The third kappa shape index (κ3) is 3.97. The Hall–Kier alpha value is -3.65. The van der Waals surface area contributed by atoms with Crippen LogP contribution in [0.2, 0.25) is 0 Å². The summed E-state index contributed by atoms with van der Waals surface area (Å²) in [5, 5.41) is 24.6. The van der Waals surface area contributed by atoms with Gasteiger partial charge < -0.3 is 14.7 Å². The SMILES string of the molecule is Cc1ccc2c(c1)c(-c1[nH]c3ccccc3c1N=O)c(O)n2CCCCCCC(=O)NO. The van der Waals surface area contributed by atoms with Crippen molar-refractivity contribution in [3.63, 3.8) is 0 Å². The molecule has 1 amide bonds. The number of H-pyrrole nitrogens is 1. The number of carbonyl (C=O) groups excluding carboxylic acids is 1. The van der Waals surface area contributed by atoms with Gasteiger partial charge in [0.05, 0.1) is 16.8 Å². The largest absolute Gasteiger partial charge is 0.494 e. The summed E-state index contributed by atoms with van der Waals surface area (Å²) in [6.07, 6.45) is 3.53. The third-order valence-corrected chi connectivity index (χ3v) is 5.87. The number of hydrogen-bond acceptors (Lipinski definition) is 5. The van der Waals surface area contributed by atoms with Crippen LogP contribution in [-0.2, 0) is 11.3 Å². The molecule has 2 heterocycles. The number of benzene rings is 2. The monoisotopic (exact) mass is 434 g/mol. The van der Waals surface area contributed by atoms with E-state index >= 15 is 0 Å². The van der Waals surface area contributed by atoms with Crippen molar-refractivity contribution in [2.24, 2.45) is 5.18 Å².